The second-order valence-electron chi connectivity index (χ2n) is 4.00. The van der Waals surface area contributed by atoms with Crippen LogP contribution in [0.2, 0.25) is 5.02 Å². The predicted octanol–water partition coefficient (Wildman–Crippen LogP) is 2.75. The number of hydrogen-bond donors (Lipinski definition) is 2. The van der Waals surface area contributed by atoms with Crippen LogP contribution in [0.1, 0.15) is 0 Å². The first kappa shape index (κ1) is 13.9. The molecular formula is C12H14ClN5S. The summed E-state index contributed by atoms with van der Waals surface area (Å²) in [5, 5.41) is 3.19. The number of benzene rings is 1. The summed E-state index contributed by atoms with van der Waals surface area (Å²) in [7, 11) is 3.74. The minimum atomic E-state index is 0.524. The first-order valence-corrected chi connectivity index (χ1v) is 6.73. The van der Waals surface area contributed by atoms with Crippen LogP contribution in [0.4, 0.5) is 11.5 Å². The van der Waals surface area contributed by atoms with Gasteiger partial charge in [-0.2, -0.15) is 0 Å². The maximum absolute atomic E-state index is 6.05. The largest absolute Gasteiger partial charge is 0.393 e. The zero-order chi connectivity index (χ0) is 13.8. The Hall–Kier alpha value is -1.50. The van der Waals surface area contributed by atoms with E-state index in [2.05, 4.69) is 15.4 Å². The number of hydrogen-bond acceptors (Lipinski definition) is 6. The zero-order valence-corrected chi connectivity index (χ0v) is 12.2. The second-order valence-corrected chi connectivity index (χ2v) is 5.50. The minimum absolute atomic E-state index is 0.524. The van der Waals surface area contributed by atoms with E-state index in [4.69, 9.17) is 17.3 Å². The highest BCUT2D eigenvalue weighted by Gasteiger charge is 2.09. The van der Waals surface area contributed by atoms with Crippen LogP contribution in [0.15, 0.2) is 40.5 Å². The maximum atomic E-state index is 6.05. The number of nitrogens with two attached hydrogens (primary N) is 1. The van der Waals surface area contributed by atoms with Crippen molar-refractivity contribution in [3.63, 3.8) is 0 Å². The van der Waals surface area contributed by atoms with Crippen LogP contribution < -0.4 is 11.2 Å². The third-order valence-electron chi connectivity index (χ3n) is 2.21. The van der Waals surface area contributed by atoms with E-state index in [9.17, 15) is 0 Å². The lowest BCUT2D eigenvalue weighted by molar-refractivity contribution is 0.492. The molecule has 1 aromatic carbocycles. The van der Waals surface area contributed by atoms with Crippen LogP contribution in [0.25, 0.3) is 0 Å². The highest BCUT2D eigenvalue weighted by molar-refractivity contribution is 7.99. The fourth-order valence-electron chi connectivity index (χ4n) is 1.38. The molecule has 0 unspecified atom stereocenters. The van der Waals surface area contributed by atoms with E-state index in [0.717, 1.165) is 4.90 Å². The Bertz CT molecular complexity index is 559. The Morgan fingerprint density at radius 1 is 1.21 bits per heavy atom. The van der Waals surface area contributed by atoms with Gasteiger partial charge in [0.2, 0.25) is 0 Å². The van der Waals surface area contributed by atoms with Gasteiger partial charge in [-0.05, 0) is 24.3 Å². The van der Waals surface area contributed by atoms with Crippen molar-refractivity contribution in [3.05, 3.63) is 35.6 Å². The lowest BCUT2D eigenvalue weighted by atomic mass is 10.4. The van der Waals surface area contributed by atoms with Gasteiger partial charge in [-0.3, -0.25) is 0 Å². The number of nitrogens with one attached hydrogen (secondary N) is 1. The number of aromatic nitrogens is 2. The van der Waals surface area contributed by atoms with Crippen molar-refractivity contribution >= 4 is 34.9 Å². The van der Waals surface area contributed by atoms with E-state index in [1.807, 2.05) is 38.4 Å². The Balaban J connectivity index is 2.23. The summed E-state index contributed by atoms with van der Waals surface area (Å²) < 4.78 is 0. The summed E-state index contributed by atoms with van der Waals surface area (Å²) in [5.41, 5.74) is 9.60. The molecule has 2 aromatic rings. The van der Waals surface area contributed by atoms with Gasteiger partial charge >= 0.3 is 0 Å². The van der Waals surface area contributed by atoms with Gasteiger partial charge in [0, 0.05) is 24.0 Å². The number of hydrazine groups is 1. The summed E-state index contributed by atoms with van der Waals surface area (Å²) in [5.74, 6) is 0.594. The monoisotopic (exact) mass is 295 g/mol. The Kier molecular flexibility index (Phi) is 4.47. The predicted molar refractivity (Wildman–Crippen MR) is 79.3 cm³/mol. The quantitative estimate of drug-likeness (QED) is 0.668. The van der Waals surface area contributed by atoms with Crippen LogP contribution in [0, 0.1) is 0 Å². The van der Waals surface area contributed by atoms with Crippen molar-refractivity contribution in [3.8, 4) is 0 Å². The van der Waals surface area contributed by atoms with Gasteiger partial charge in [-0.25, -0.2) is 15.0 Å². The van der Waals surface area contributed by atoms with E-state index in [1.165, 1.54) is 18.1 Å². The van der Waals surface area contributed by atoms with Gasteiger partial charge < -0.3 is 11.2 Å². The van der Waals surface area contributed by atoms with Gasteiger partial charge in [0.25, 0.3) is 0 Å². The summed E-state index contributed by atoms with van der Waals surface area (Å²) in [4.78, 5) is 9.33. The lowest BCUT2D eigenvalue weighted by Gasteiger charge is -2.15. The summed E-state index contributed by atoms with van der Waals surface area (Å²) in [6.07, 6.45) is 1.49. The molecule has 5 nitrogen and oxygen atoms in total. The number of halogens is 1. The number of rotatable bonds is 4. The van der Waals surface area contributed by atoms with Crippen molar-refractivity contribution in [1.29, 1.82) is 0 Å². The second kappa shape index (κ2) is 6.10. The summed E-state index contributed by atoms with van der Waals surface area (Å²) in [6.45, 7) is 0. The first-order chi connectivity index (χ1) is 9.06. The van der Waals surface area contributed by atoms with Crippen LogP contribution in [0.3, 0.4) is 0 Å². The fourth-order valence-corrected chi connectivity index (χ4v) is 2.30. The molecule has 0 spiro atoms. The topological polar surface area (TPSA) is 67.1 Å². The lowest BCUT2D eigenvalue weighted by Crippen LogP contribution is -2.21. The molecule has 0 saturated heterocycles. The Morgan fingerprint density at radius 3 is 2.53 bits per heavy atom. The molecule has 0 saturated carbocycles. The van der Waals surface area contributed by atoms with Crippen molar-refractivity contribution in [2.24, 2.45) is 0 Å². The maximum Gasteiger partial charge on any atom is 0.168 e. The molecule has 1 aromatic heterocycles. The SMILES string of the molecule is CN(C)Nc1ncnc(Sc2ccc(Cl)cc2)c1N. The number of anilines is 2. The normalized spacial score (nSPS) is 10.7. The summed E-state index contributed by atoms with van der Waals surface area (Å²) in [6, 6.07) is 7.52. The van der Waals surface area contributed by atoms with Gasteiger partial charge in [0.05, 0.1) is 0 Å². The van der Waals surface area contributed by atoms with Gasteiger partial charge in [0.15, 0.2) is 5.82 Å². The van der Waals surface area contributed by atoms with Crippen molar-refractivity contribution in [2.45, 2.75) is 9.92 Å². The van der Waals surface area contributed by atoms with Crippen LogP contribution in [-0.2, 0) is 0 Å². The smallest absolute Gasteiger partial charge is 0.168 e. The van der Waals surface area contributed by atoms with Gasteiger partial charge in [-0.1, -0.05) is 23.4 Å². The molecule has 0 radical (unpaired) electrons. The number of nitrogens with zero attached hydrogens (tertiary/aromatic N) is 3. The van der Waals surface area contributed by atoms with Gasteiger partial charge in [-0.15, -0.1) is 0 Å². The highest BCUT2D eigenvalue weighted by Crippen LogP contribution is 2.33. The molecule has 19 heavy (non-hydrogen) atoms. The average molecular weight is 296 g/mol. The molecule has 1 heterocycles. The molecular weight excluding hydrogens is 282 g/mol. The van der Waals surface area contributed by atoms with E-state index < -0.39 is 0 Å². The Labute approximate surface area is 121 Å². The van der Waals surface area contributed by atoms with E-state index in [0.29, 0.717) is 21.6 Å². The minimum Gasteiger partial charge on any atom is -0.393 e. The molecule has 0 aliphatic rings. The highest BCUT2D eigenvalue weighted by atomic mass is 35.5. The zero-order valence-electron chi connectivity index (χ0n) is 10.6. The van der Waals surface area contributed by atoms with Crippen molar-refractivity contribution in [1.82, 2.24) is 15.0 Å². The van der Waals surface area contributed by atoms with E-state index in [-0.39, 0.29) is 0 Å². The van der Waals surface area contributed by atoms with E-state index >= 15 is 0 Å². The fraction of sp³-hybridized carbons (Fsp3) is 0.167. The molecule has 0 amide bonds. The molecule has 100 valence electrons. The molecule has 0 bridgehead atoms. The van der Waals surface area contributed by atoms with Crippen molar-refractivity contribution < 1.29 is 0 Å². The third kappa shape index (κ3) is 3.73. The molecule has 0 aliphatic carbocycles. The molecule has 0 atom stereocenters. The third-order valence-corrected chi connectivity index (χ3v) is 3.48. The van der Waals surface area contributed by atoms with Crippen LogP contribution in [0.5, 0.6) is 0 Å². The standard InChI is InChI=1S/C12H14ClN5S/c1-18(2)17-11-10(14)12(16-7-15-11)19-9-5-3-8(13)4-6-9/h3-7H,14H2,1-2H3,(H,15,16,17). The van der Waals surface area contributed by atoms with E-state index in [1.54, 1.807) is 5.01 Å². The van der Waals surface area contributed by atoms with Crippen LogP contribution >= 0.6 is 23.4 Å². The first-order valence-electron chi connectivity index (χ1n) is 5.54. The summed E-state index contributed by atoms with van der Waals surface area (Å²) >= 11 is 7.32. The molecule has 0 fully saturated rings. The van der Waals surface area contributed by atoms with Crippen LogP contribution in [-0.4, -0.2) is 29.1 Å². The van der Waals surface area contributed by atoms with Crippen molar-refractivity contribution in [2.75, 3.05) is 25.3 Å². The molecule has 7 heteroatoms. The van der Waals surface area contributed by atoms with Gasteiger partial charge in [0.1, 0.15) is 17.0 Å². The number of nitrogen functional groups attached to an aromatic ring is 1. The average Bonchev–Trinajstić information content (AvgIpc) is 2.36. The Morgan fingerprint density at radius 2 is 1.89 bits per heavy atom. The molecule has 2 rings (SSSR count). The molecule has 0 aliphatic heterocycles. The molecule has 3 N–H and O–H groups in total.